The first-order valence-corrected chi connectivity index (χ1v) is 8.39. The highest BCUT2D eigenvalue weighted by atomic mass is 79.9. The first-order chi connectivity index (χ1) is 10.1. The number of nitrogens with one attached hydrogen (secondary N) is 2. The summed E-state index contributed by atoms with van der Waals surface area (Å²) in [6, 6.07) is 8.59. The number of hydrogen-bond donors (Lipinski definition) is 2. The van der Waals surface area contributed by atoms with Gasteiger partial charge in [-0.15, -0.1) is 0 Å². The van der Waals surface area contributed by atoms with E-state index < -0.39 is 0 Å². The van der Waals surface area contributed by atoms with Crippen LogP contribution in [0.1, 0.15) is 31.9 Å². The number of halogens is 1. The molecule has 1 aliphatic heterocycles. The molecule has 5 heteroatoms. The average Bonchev–Trinajstić information content (AvgIpc) is 2.99. The van der Waals surface area contributed by atoms with Crippen LogP contribution >= 0.6 is 15.9 Å². The van der Waals surface area contributed by atoms with Crippen LogP contribution in [0.15, 0.2) is 28.7 Å². The lowest BCUT2D eigenvalue weighted by Gasteiger charge is -2.27. The van der Waals surface area contributed by atoms with Gasteiger partial charge in [0.25, 0.3) is 0 Å². The van der Waals surface area contributed by atoms with Gasteiger partial charge in [-0.05, 0) is 44.1 Å². The lowest BCUT2D eigenvalue weighted by molar-refractivity contribution is -0.123. The van der Waals surface area contributed by atoms with Gasteiger partial charge in [0.2, 0.25) is 5.91 Å². The fourth-order valence-electron chi connectivity index (χ4n) is 2.76. The normalized spacial score (nSPS) is 19.7. The van der Waals surface area contributed by atoms with E-state index in [4.69, 9.17) is 0 Å². The minimum Gasteiger partial charge on any atom is -0.348 e. The molecule has 2 rings (SSSR count). The van der Waals surface area contributed by atoms with Crippen LogP contribution in [0.5, 0.6) is 0 Å². The van der Waals surface area contributed by atoms with Crippen LogP contribution in [-0.4, -0.2) is 43.0 Å². The first kappa shape index (κ1) is 16.5. The number of hydrogen-bond acceptors (Lipinski definition) is 3. The van der Waals surface area contributed by atoms with Crippen molar-refractivity contribution in [3.8, 4) is 0 Å². The molecule has 2 atom stereocenters. The Morgan fingerprint density at radius 3 is 2.76 bits per heavy atom. The highest BCUT2D eigenvalue weighted by molar-refractivity contribution is 9.10. The van der Waals surface area contributed by atoms with Gasteiger partial charge in [-0.3, -0.25) is 9.69 Å². The minimum atomic E-state index is 0.0333. The molecule has 2 unspecified atom stereocenters. The molecule has 1 saturated heterocycles. The molecular weight excluding hydrogens is 330 g/mol. The van der Waals surface area contributed by atoms with Crippen molar-refractivity contribution in [1.82, 2.24) is 15.5 Å². The Labute approximate surface area is 135 Å². The van der Waals surface area contributed by atoms with Crippen LogP contribution in [0.3, 0.4) is 0 Å². The third kappa shape index (κ3) is 4.80. The van der Waals surface area contributed by atoms with E-state index in [9.17, 15) is 4.79 Å². The van der Waals surface area contributed by atoms with Crippen LogP contribution in [0, 0.1) is 0 Å². The molecule has 4 nitrogen and oxygen atoms in total. The highest BCUT2D eigenvalue weighted by Crippen LogP contribution is 2.16. The number of carbonyl (C=O) groups excluding carboxylic acids is 1. The minimum absolute atomic E-state index is 0.0333. The van der Waals surface area contributed by atoms with E-state index in [2.05, 4.69) is 38.4 Å². The second kappa shape index (κ2) is 7.92. The molecule has 2 N–H and O–H groups in total. The summed E-state index contributed by atoms with van der Waals surface area (Å²) in [7, 11) is 0. The van der Waals surface area contributed by atoms with E-state index in [1.54, 1.807) is 0 Å². The zero-order chi connectivity index (χ0) is 15.2. The maximum atomic E-state index is 12.2. The zero-order valence-electron chi connectivity index (χ0n) is 12.7. The second-order valence-electron chi connectivity index (χ2n) is 5.55. The van der Waals surface area contributed by atoms with Gasteiger partial charge in [0.15, 0.2) is 0 Å². The van der Waals surface area contributed by atoms with Crippen molar-refractivity contribution in [2.45, 2.75) is 32.4 Å². The van der Waals surface area contributed by atoms with Crippen LogP contribution in [0.25, 0.3) is 0 Å². The molecule has 0 aliphatic carbocycles. The van der Waals surface area contributed by atoms with Crippen LogP contribution < -0.4 is 10.6 Å². The molecule has 0 aromatic heterocycles. The molecular formula is C16H24BrN3O. The molecule has 1 aromatic carbocycles. The van der Waals surface area contributed by atoms with Gasteiger partial charge in [0.05, 0.1) is 12.6 Å². The standard InChI is InChI=1S/C16H24BrN3O/c1-3-20(15-8-9-18-10-15)11-16(21)19-12(2)13-4-6-14(17)7-5-13/h4-7,12,15,18H,3,8-11H2,1-2H3,(H,19,21). The topological polar surface area (TPSA) is 44.4 Å². The van der Waals surface area contributed by atoms with Gasteiger partial charge in [-0.25, -0.2) is 0 Å². The van der Waals surface area contributed by atoms with Crippen molar-refractivity contribution in [1.29, 1.82) is 0 Å². The molecule has 0 radical (unpaired) electrons. The van der Waals surface area contributed by atoms with E-state index in [1.807, 2.05) is 31.2 Å². The van der Waals surface area contributed by atoms with Gasteiger partial charge in [-0.2, -0.15) is 0 Å². The van der Waals surface area contributed by atoms with E-state index in [0.717, 1.165) is 36.1 Å². The number of carbonyl (C=O) groups is 1. The fraction of sp³-hybridized carbons (Fsp3) is 0.562. The molecule has 116 valence electrons. The zero-order valence-corrected chi connectivity index (χ0v) is 14.3. The molecule has 1 amide bonds. The second-order valence-corrected chi connectivity index (χ2v) is 6.47. The summed E-state index contributed by atoms with van der Waals surface area (Å²) in [6.45, 7) is 7.57. The van der Waals surface area contributed by atoms with Gasteiger partial charge in [0.1, 0.15) is 0 Å². The Balaban J connectivity index is 1.86. The molecule has 1 heterocycles. The van der Waals surface area contributed by atoms with Crippen molar-refractivity contribution in [3.63, 3.8) is 0 Å². The lowest BCUT2D eigenvalue weighted by Crippen LogP contribution is -2.44. The Morgan fingerprint density at radius 1 is 1.48 bits per heavy atom. The largest absolute Gasteiger partial charge is 0.348 e. The quantitative estimate of drug-likeness (QED) is 0.824. The third-order valence-corrected chi connectivity index (χ3v) is 4.58. The van der Waals surface area contributed by atoms with Crippen molar-refractivity contribution in [2.24, 2.45) is 0 Å². The Bertz CT molecular complexity index is 457. The number of amides is 1. The molecule has 0 saturated carbocycles. The predicted octanol–water partition coefficient (Wildman–Crippen LogP) is 2.31. The Kier molecular flexibility index (Phi) is 6.21. The lowest BCUT2D eigenvalue weighted by atomic mass is 10.1. The predicted molar refractivity (Wildman–Crippen MR) is 89.2 cm³/mol. The van der Waals surface area contributed by atoms with Crippen LogP contribution in [0.4, 0.5) is 0 Å². The molecule has 1 fully saturated rings. The van der Waals surface area contributed by atoms with Crippen LogP contribution in [-0.2, 0) is 4.79 Å². The van der Waals surface area contributed by atoms with Gasteiger partial charge in [-0.1, -0.05) is 35.0 Å². The Morgan fingerprint density at radius 2 is 2.19 bits per heavy atom. The number of benzene rings is 1. The van der Waals surface area contributed by atoms with Gasteiger partial charge in [0, 0.05) is 17.1 Å². The SMILES string of the molecule is CCN(CC(=O)NC(C)c1ccc(Br)cc1)C1CCNC1. The number of rotatable bonds is 6. The highest BCUT2D eigenvalue weighted by Gasteiger charge is 2.23. The smallest absolute Gasteiger partial charge is 0.234 e. The van der Waals surface area contributed by atoms with E-state index >= 15 is 0 Å². The van der Waals surface area contributed by atoms with E-state index in [0.29, 0.717) is 12.6 Å². The molecule has 21 heavy (non-hydrogen) atoms. The maximum Gasteiger partial charge on any atom is 0.234 e. The van der Waals surface area contributed by atoms with Crippen LogP contribution in [0.2, 0.25) is 0 Å². The number of nitrogens with zero attached hydrogens (tertiary/aromatic N) is 1. The molecule has 1 aromatic rings. The summed E-state index contributed by atoms with van der Waals surface area (Å²) >= 11 is 3.43. The fourth-order valence-corrected chi connectivity index (χ4v) is 3.02. The molecule has 0 bridgehead atoms. The molecule has 0 spiro atoms. The third-order valence-electron chi connectivity index (χ3n) is 4.05. The summed E-state index contributed by atoms with van der Waals surface area (Å²) in [5.74, 6) is 0.0965. The summed E-state index contributed by atoms with van der Waals surface area (Å²) in [6.07, 6.45) is 1.13. The average molecular weight is 354 g/mol. The van der Waals surface area contributed by atoms with Gasteiger partial charge >= 0.3 is 0 Å². The summed E-state index contributed by atoms with van der Waals surface area (Å²) < 4.78 is 1.05. The molecule has 1 aliphatic rings. The Hall–Kier alpha value is -0.910. The summed E-state index contributed by atoms with van der Waals surface area (Å²) in [4.78, 5) is 14.5. The number of likely N-dealkylation sites (N-methyl/N-ethyl adjacent to an activating group) is 1. The maximum absolute atomic E-state index is 12.2. The summed E-state index contributed by atoms with van der Waals surface area (Å²) in [5.41, 5.74) is 1.12. The van der Waals surface area contributed by atoms with E-state index in [1.165, 1.54) is 0 Å². The van der Waals surface area contributed by atoms with Gasteiger partial charge < -0.3 is 10.6 Å². The monoisotopic (exact) mass is 353 g/mol. The first-order valence-electron chi connectivity index (χ1n) is 7.59. The van der Waals surface area contributed by atoms with Crippen molar-refractivity contribution < 1.29 is 4.79 Å². The van der Waals surface area contributed by atoms with Crippen molar-refractivity contribution in [3.05, 3.63) is 34.3 Å². The van der Waals surface area contributed by atoms with E-state index in [-0.39, 0.29) is 11.9 Å². The summed E-state index contributed by atoms with van der Waals surface area (Å²) in [5, 5.41) is 6.44. The van der Waals surface area contributed by atoms with Crippen molar-refractivity contribution in [2.75, 3.05) is 26.2 Å². The van der Waals surface area contributed by atoms with Crippen molar-refractivity contribution >= 4 is 21.8 Å².